The molecule has 0 bridgehead atoms. The molecule has 2 aromatic heterocycles. The molecule has 122 valence electrons. The van der Waals surface area contributed by atoms with Gasteiger partial charge in [-0.3, -0.25) is 4.57 Å². The number of aliphatic imine (C=N–C) groups is 1. The second-order valence-electron chi connectivity index (χ2n) is 5.76. The Morgan fingerprint density at radius 3 is 3.00 bits per heavy atom. The van der Waals surface area contributed by atoms with Gasteiger partial charge in [-0.25, -0.2) is 14.8 Å². The highest BCUT2D eigenvalue weighted by atomic mass is 16.1. The summed E-state index contributed by atoms with van der Waals surface area (Å²) in [5, 5.41) is 3.04. The molecule has 4 rings (SSSR count). The predicted octanol–water partition coefficient (Wildman–Crippen LogP) is 0.895. The number of fused-ring (bicyclic) bond motifs is 1. The van der Waals surface area contributed by atoms with E-state index in [1.54, 1.807) is 17.0 Å². The van der Waals surface area contributed by atoms with Gasteiger partial charge in [0.2, 0.25) is 0 Å². The Balaban J connectivity index is 1.80. The van der Waals surface area contributed by atoms with Crippen LogP contribution in [0.2, 0.25) is 0 Å². The molecule has 1 aromatic carbocycles. The molecule has 0 saturated heterocycles. The molecule has 0 saturated carbocycles. The molecule has 0 amide bonds. The number of imidazole rings is 2. The average molecular weight is 323 g/mol. The quantitative estimate of drug-likeness (QED) is 0.573. The van der Waals surface area contributed by atoms with Crippen LogP contribution in [0.3, 0.4) is 0 Å². The fourth-order valence-electron chi connectivity index (χ4n) is 2.83. The van der Waals surface area contributed by atoms with E-state index in [0.29, 0.717) is 29.7 Å². The predicted molar refractivity (Wildman–Crippen MR) is 90.2 cm³/mol. The lowest BCUT2D eigenvalue weighted by Gasteiger charge is -2.20. The Bertz CT molecular complexity index is 965. The van der Waals surface area contributed by atoms with Crippen LogP contribution in [-0.4, -0.2) is 25.4 Å². The first-order valence-electron chi connectivity index (χ1n) is 7.60. The molecule has 0 fully saturated rings. The lowest BCUT2D eigenvalue weighted by Crippen LogP contribution is -2.38. The Kier molecular flexibility index (Phi) is 3.31. The molecule has 8 nitrogen and oxygen atoms in total. The maximum atomic E-state index is 12.4. The molecule has 1 aliphatic heterocycles. The van der Waals surface area contributed by atoms with Crippen LogP contribution in [0.4, 0.5) is 5.82 Å². The van der Waals surface area contributed by atoms with E-state index in [4.69, 9.17) is 5.73 Å². The number of hydrogen-bond donors (Lipinski definition) is 4. The first-order chi connectivity index (χ1) is 11.6. The Morgan fingerprint density at radius 1 is 1.38 bits per heavy atom. The van der Waals surface area contributed by atoms with Crippen LogP contribution in [0.15, 0.2) is 46.4 Å². The SMILES string of the molecule is Cc1cccc(Cn2c3c([nH]c2=O)C(N)NC(c2ncc[nH]2)=N3)c1. The summed E-state index contributed by atoms with van der Waals surface area (Å²) in [5.41, 5.74) is 8.63. The highest BCUT2D eigenvalue weighted by molar-refractivity contribution is 5.98. The molecule has 24 heavy (non-hydrogen) atoms. The summed E-state index contributed by atoms with van der Waals surface area (Å²) in [6.45, 7) is 2.44. The van der Waals surface area contributed by atoms with Crippen molar-refractivity contribution in [3.63, 3.8) is 0 Å². The van der Waals surface area contributed by atoms with Gasteiger partial charge in [-0.2, -0.15) is 0 Å². The second-order valence-corrected chi connectivity index (χ2v) is 5.76. The summed E-state index contributed by atoms with van der Waals surface area (Å²) in [6, 6.07) is 8.02. The maximum absolute atomic E-state index is 12.4. The number of aryl methyl sites for hydroxylation is 1. The van der Waals surface area contributed by atoms with Gasteiger partial charge in [0.15, 0.2) is 17.5 Å². The van der Waals surface area contributed by atoms with E-state index in [2.05, 4.69) is 25.3 Å². The monoisotopic (exact) mass is 323 g/mol. The van der Waals surface area contributed by atoms with E-state index in [-0.39, 0.29) is 5.69 Å². The minimum Gasteiger partial charge on any atom is -0.346 e. The molecule has 8 heteroatoms. The van der Waals surface area contributed by atoms with E-state index in [1.165, 1.54) is 0 Å². The zero-order valence-corrected chi connectivity index (χ0v) is 13.1. The number of nitrogens with two attached hydrogens (primary N) is 1. The van der Waals surface area contributed by atoms with Gasteiger partial charge in [0.25, 0.3) is 0 Å². The van der Waals surface area contributed by atoms with Crippen LogP contribution in [0.5, 0.6) is 0 Å². The highest BCUT2D eigenvalue weighted by Gasteiger charge is 2.26. The molecular weight excluding hydrogens is 306 g/mol. The van der Waals surface area contributed by atoms with Gasteiger partial charge in [-0.15, -0.1) is 0 Å². The summed E-state index contributed by atoms with van der Waals surface area (Å²) in [7, 11) is 0. The summed E-state index contributed by atoms with van der Waals surface area (Å²) < 4.78 is 1.59. The van der Waals surface area contributed by atoms with Gasteiger partial charge in [0.05, 0.1) is 6.54 Å². The van der Waals surface area contributed by atoms with Gasteiger partial charge in [-0.05, 0) is 12.5 Å². The van der Waals surface area contributed by atoms with E-state index in [1.807, 2.05) is 31.2 Å². The molecule has 1 unspecified atom stereocenters. The molecule has 1 atom stereocenters. The minimum atomic E-state index is -0.552. The average Bonchev–Trinajstić information content (AvgIpc) is 3.18. The molecule has 0 radical (unpaired) electrons. The third-order valence-electron chi connectivity index (χ3n) is 3.95. The third-order valence-corrected chi connectivity index (χ3v) is 3.95. The summed E-state index contributed by atoms with van der Waals surface area (Å²) >= 11 is 0. The van der Waals surface area contributed by atoms with Gasteiger partial charge >= 0.3 is 5.69 Å². The number of nitrogens with one attached hydrogen (secondary N) is 3. The number of benzene rings is 1. The molecular formula is C16H17N7O. The van der Waals surface area contributed by atoms with E-state index >= 15 is 0 Å². The van der Waals surface area contributed by atoms with Crippen molar-refractivity contribution in [3.8, 4) is 0 Å². The Hall–Kier alpha value is -3.13. The van der Waals surface area contributed by atoms with Crippen molar-refractivity contribution in [2.24, 2.45) is 10.7 Å². The van der Waals surface area contributed by atoms with Gasteiger partial charge in [0, 0.05) is 12.4 Å². The van der Waals surface area contributed by atoms with Crippen LogP contribution < -0.4 is 16.7 Å². The zero-order valence-electron chi connectivity index (χ0n) is 13.1. The number of aromatic nitrogens is 4. The van der Waals surface area contributed by atoms with Gasteiger partial charge in [-0.1, -0.05) is 29.8 Å². The fraction of sp³-hybridized carbons (Fsp3) is 0.188. The molecule has 1 aliphatic rings. The lowest BCUT2D eigenvalue weighted by molar-refractivity contribution is 0.647. The molecule has 3 aromatic rings. The molecule has 5 N–H and O–H groups in total. The Morgan fingerprint density at radius 2 is 2.25 bits per heavy atom. The maximum Gasteiger partial charge on any atom is 0.327 e. The van der Waals surface area contributed by atoms with Crippen molar-refractivity contribution < 1.29 is 0 Å². The number of aromatic amines is 2. The largest absolute Gasteiger partial charge is 0.346 e. The summed E-state index contributed by atoms with van der Waals surface area (Å²) in [5.74, 6) is 1.61. The van der Waals surface area contributed by atoms with E-state index < -0.39 is 6.17 Å². The van der Waals surface area contributed by atoms with Crippen LogP contribution in [0.1, 0.15) is 28.8 Å². The first kappa shape index (κ1) is 14.5. The second kappa shape index (κ2) is 5.50. The number of hydrogen-bond acceptors (Lipinski definition) is 5. The van der Waals surface area contributed by atoms with E-state index in [0.717, 1.165) is 11.1 Å². The highest BCUT2D eigenvalue weighted by Crippen LogP contribution is 2.25. The smallest absolute Gasteiger partial charge is 0.327 e. The van der Waals surface area contributed by atoms with Gasteiger partial charge in [0.1, 0.15) is 11.9 Å². The summed E-state index contributed by atoms with van der Waals surface area (Å²) in [6.07, 6.45) is 2.79. The van der Waals surface area contributed by atoms with E-state index in [9.17, 15) is 4.79 Å². The molecule has 0 aliphatic carbocycles. The zero-order chi connectivity index (χ0) is 16.7. The molecule has 3 heterocycles. The van der Waals surface area contributed by atoms with Crippen LogP contribution in [0.25, 0.3) is 0 Å². The number of amidine groups is 1. The topological polar surface area (TPSA) is 117 Å². The van der Waals surface area contributed by atoms with Crippen molar-refractivity contribution in [2.75, 3.05) is 0 Å². The number of rotatable bonds is 3. The fourth-order valence-corrected chi connectivity index (χ4v) is 2.83. The molecule has 0 spiro atoms. The van der Waals surface area contributed by atoms with Crippen LogP contribution in [-0.2, 0) is 6.54 Å². The Labute approximate surface area is 137 Å². The lowest BCUT2D eigenvalue weighted by atomic mass is 10.1. The van der Waals surface area contributed by atoms with Crippen molar-refractivity contribution >= 4 is 11.7 Å². The van der Waals surface area contributed by atoms with Crippen LogP contribution >= 0.6 is 0 Å². The van der Waals surface area contributed by atoms with Crippen molar-refractivity contribution in [1.82, 2.24) is 24.8 Å². The standard InChI is InChI=1S/C16H17N7O/c1-9-3-2-4-10(7-9)8-23-15-11(20-16(23)24)12(17)21-14(22-15)13-18-5-6-19-13/h2-7,12H,8,17H2,1H3,(H,18,19)(H,20,24)(H,21,22). The van der Waals surface area contributed by atoms with Gasteiger partial charge < -0.3 is 21.0 Å². The van der Waals surface area contributed by atoms with Crippen molar-refractivity contribution in [2.45, 2.75) is 19.6 Å². The third kappa shape index (κ3) is 2.42. The van der Waals surface area contributed by atoms with Crippen LogP contribution in [0, 0.1) is 6.92 Å². The number of H-pyrrole nitrogens is 2. The number of nitrogens with zero attached hydrogens (tertiary/aromatic N) is 3. The van der Waals surface area contributed by atoms with Crippen molar-refractivity contribution in [3.05, 3.63) is 69.8 Å². The van der Waals surface area contributed by atoms with Crippen molar-refractivity contribution in [1.29, 1.82) is 0 Å². The minimum absolute atomic E-state index is 0.233. The first-order valence-corrected chi connectivity index (χ1v) is 7.60. The summed E-state index contributed by atoms with van der Waals surface area (Å²) in [4.78, 5) is 26.9. The normalized spacial score (nSPS) is 16.4.